The van der Waals surface area contributed by atoms with E-state index in [0.29, 0.717) is 6.07 Å². The van der Waals surface area contributed by atoms with Crippen LogP contribution in [-0.2, 0) is 11.2 Å². The average Bonchev–Trinajstić information content (AvgIpc) is 2.50. The number of carbonyl (C=O) groups is 1. The maximum Gasteiger partial charge on any atom is 0.408 e. The zero-order chi connectivity index (χ0) is 18.5. The van der Waals surface area contributed by atoms with E-state index in [9.17, 15) is 26.7 Å². The van der Waals surface area contributed by atoms with Gasteiger partial charge in [-0.2, -0.15) is 13.2 Å². The van der Waals surface area contributed by atoms with Crippen LogP contribution in [0.25, 0.3) is 0 Å². The van der Waals surface area contributed by atoms with E-state index in [1.54, 1.807) is 0 Å². The number of rotatable bonds is 7. The molecule has 24 heavy (non-hydrogen) atoms. The molecule has 0 aliphatic heterocycles. The second-order valence-corrected chi connectivity index (χ2v) is 5.04. The first kappa shape index (κ1) is 20.1. The van der Waals surface area contributed by atoms with Gasteiger partial charge in [-0.05, 0) is 25.3 Å². The predicted molar refractivity (Wildman–Crippen MR) is 76.9 cm³/mol. The van der Waals surface area contributed by atoms with Gasteiger partial charge in [0.2, 0.25) is 0 Å². The lowest BCUT2D eigenvalue weighted by Crippen LogP contribution is -2.36. The molecule has 1 rings (SSSR count). The summed E-state index contributed by atoms with van der Waals surface area (Å²) >= 11 is 0. The Bertz CT molecular complexity index is 589. The quantitative estimate of drug-likeness (QED) is 0.581. The van der Waals surface area contributed by atoms with Crippen LogP contribution in [0, 0.1) is 11.6 Å². The Morgan fingerprint density at radius 2 is 2.00 bits per heavy atom. The Morgan fingerprint density at radius 1 is 1.38 bits per heavy atom. The summed E-state index contributed by atoms with van der Waals surface area (Å²) in [6, 6.07) is -1.37. The van der Waals surface area contributed by atoms with Crippen LogP contribution in [0.4, 0.5) is 27.6 Å². The molecule has 0 spiro atoms. The number of anilines is 1. The molecule has 0 bridgehead atoms. The molecule has 2 N–H and O–H groups in total. The number of aliphatic hydroxyl groups is 1. The number of hydrogen-bond acceptors (Lipinski definition) is 4. The van der Waals surface area contributed by atoms with Gasteiger partial charge in [-0.25, -0.2) is 13.6 Å². The van der Waals surface area contributed by atoms with Crippen molar-refractivity contribution in [3.63, 3.8) is 0 Å². The van der Waals surface area contributed by atoms with Crippen molar-refractivity contribution in [2.75, 3.05) is 19.0 Å². The molecule has 0 saturated carbocycles. The van der Waals surface area contributed by atoms with Crippen LogP contribution in [0.5, 0.6) is 0 Å². The Balaban J connectivity index is 3.40. The van der Waals surface area contributed by atoms with Crippen LogP contribution in [-0.4, -0.2) is 37.0 Å². The molecule has 0 radical (unpaired) electrons. The van der Waals surface area contributed by atoms with Crippen LogP contribution in [0.1, 0.15) is 35.7 Å². The molecule has 0 saturated heterocycles. The number of aliphatic hydroxyl groups excluding tert-OH is 1. The SMILES string of the molecule is CC[C@@H](Nc1cc(F)c(C(=O)OC)c(F)c1CCCO)C(F)(F)F. The van der Waals surface area contributed by atoms with E-state index in [2.05, 4.69) is 10.1 Å². The van der Waals surface area contributed by atoms with E-state index < -0.39 is 41.1 Å². The number of halogens is 5. The highest BCUT2D eigenvalue weighted by molar-refractivity contribution is 5.91. The highest BCUT2D eigenvalue weighted by atomic mass is 19.4. The number of alkyl halides is 3. The van der Waals surface area contributed by atoms with E-state index in [-0.39, 0.29) is 31.4 Å². The van der Waals surface area contributed by atoms with Gasteiger partial charge in [0.1, 0.15) is 23.2 Å². The van der Waals surface area contributed by atoms with Crippen molar-refractivity contribution >= 4 is 11.7 Å². The summed E-state index contributed by atoms with van der Waals surface area (Å²) in [6.45, 7) is 0.925. The van der Waals surface area contributed by atoms with Gasteiger partial charge in [0.05, 0.1) is 7.11 Å². The minimum atomic E-state index is -4.61. The number of benzene rings is 1. The van der Waals surface area contributed by atoms with E-state index >= 15 is 0 Å². The molecule has 0 fully saturated rings. The minimum Gasteiger partial charge on any atom is -0.465 e. The third-order valence-corrected chi connectivity index (χ3v) is 3.43. The smallest absolute Gasteiger partial charge is 0.408 e. The van der Waals surface area contributed by atoms with Crippen molar-refractivity contribution in [2.45, 2.75) is 38.4 Å². The lowest BCUT2D eigenvalue weighted by molar-refractivity contribution is -0.142. The number of carbonyl (C=O) groups excluding carboxylic acids is 1. The van der Waals surface area contributed by atoms with E-state index in [0.717, 1.165) is 7.11 Å². The average molecular weight is 355 g/mol. The van der Waals surface area contributed by atoms with Crippen LogP contribution >= 0.6 is 0 Å². The third kappa shape index (κ3) is 4.56. The van der Waals surface area contributed by atoms with Gasteiger partial charge in [-0.15, -0.1) is 0 Å². The summed E-state index contributed by atoms with van der Waals surface area (Å²) in [7, 11) is 0.928. The fourth-order valence-corrected chi connectivity index (χ4v) is 2.18. The highest BCUT2D eigenvalue weighted by Crippen LogP contribution is 2.31. The van der Waals surface area contributed by atoms with E-state index in [1.807, 2.05) is 0 Å². The maximum atomic E-state index is 14.5. The second kappa shape index (κ2) is 8.27. The lowest BCUT2D eigenvalue weighted by Gasteiger charge is -2.24. The lowest BCUT2D eigenvalue weighted by atomic mass is 10.0. The van der Waals surface area contributed by atoms with Gasteiger partial charge in [0.25, 0.3) is 0 Å². The number of methoxy groups -OCH3 is 1. The van der Waals surface area contributed by atoms with Crippen molar-refractivity contribution in [1.29, 1.82) is 0 Å². The van der Waals surface area contributed by atoms with Gasteiger partial charge in [-0.3, -0.25) is 0 Å². The molecule has 0 aliphatic rings. The molecule has 1 aromatic rings. The zero-order valence-electron chi connectivity index (χ0n) is 13.1. The summed E-state index contributed by atoms with van der Waals surface area (Å²) in [4.78, 5) is 11.5. The molecule has 0 aromatic heterocycles. The highest BCUT2D eigenvalue weighted by Gasteiger charge is 2.39. The standard InChI is InChI=1S/C15H18F5NO3/c1-3-11(15(18,19)20)21-10-7-9(16)12(14(23)24-2)13(17)8(10)5-4-6-22/h7,11,21-22H,3-6H2,1-2H3/t11-/m1/s1. The summed E-state index contributed by atoms with van der Waals surface area (Å²) in [5.41, 5.74) is -1.69. The molecule has 0 aliphatic carbocycles. The summed E-state index contributed by atoms with van der Waals surface area (Å²) in [5, 5.41) is 10.9. The first-order valence-corrected chi connectivity index (χ1v) is 7.20. The Morgan fingerprint density at radius 3 is 2.46 bits per heavy atom. The molecule has 136 valence electrons. The third-order valence-electron chi connectivity index (χ3n) is 3.43. The summed E-state index contributed by atoms with van der Waals surface area (Å²) < 4.78 is 71.4. The van der Waals surface area contributed by atoms with Crippen LogP contribution in [0.3, 0.4) is 0 Å². The number of hydrogen-bond donors (Lipinski definition) is 2. The second-order valence-electron chi connectivity index (χ2n) is 5.04. The molecule has 9 heteroatoms. The molecule has 0 heterocycles. The molecule has 4 nitrogen and oxygen atoms in total. The zero-order valence-corrected chi connectivity index (χ0v) is 13.1. The Labute approximate surface area is 135 Å². The molecular weight excluding hydrogens is 337 g/mol. The molecular formula is C15H18F5NO3. The summed E-state index contributed by atoms with van der Waals surface area (Å²) in [5.74, 6) is -3.90. The fraction of sp³-hybridized carbons (Fsp3) is 0.533. The van der Waals surface area contributed by atoms with Gasteiger partial charge < -0.3 is 15.2 Å². The van der Waals surface area contributed by atoms with Crippen LogP contribution in [0.2, 0.25) is 0 Å². The first-order valence-electron chi connectivity index (χ1n) is 7.20. The maximum absolute atomic E-state index is 14.5. The number of nitrogens with one attached hydrogen (secondary N) is 1. The molecule has 0 unspecified atom stereocenters. The van der Waals surface area contributed by atoms with Crippen LogP contribution in [0.15, 0.2) is 6.07 Å². The van der Waals surface area contributed by atoms with E-state index in [1.165, 1.54) is 6.92 Å². The monoisotopic (exact) mass is 355 g/mol. The number of ether oxygens (including phenoxy) is 1. The number of esters is 1. The predicted octanol–water partition coefficient (Wildman–Crippen LogP) is 3.43. The topological polar surface area (TPSA) is 58.6 Å². The normalized spacial score (nSPS) is 12.8. The van der Waals surface area contributed by atoms with Gasteiger partial charge in [-0.1, -0.05) is 6.92 Å². The van der Waals surface area contributed by atoms with Crippen molar-refractivity contribution in [2.24, 2.45) is 0 Å². The largest absolute Gasteiger partial charge is 0.465 e. The van der Waals surface area contributed by atoms with Gasteiger partial charge in [0.15, 0.2) is 0 Å². The first-order chi connectivity index (χ1) is 11.2. The molecule has 1 atom stereocenters. The minimum absolute atomic E-state index is 0.0284. The Hall–Kier alpha value is -1.90. The molecule has 1 aromatic carbocycles. The fourth-order valence-electron chi connectivity index (χ4n) is 2.18. The van der Waals surface area contributed by atoms with Crippen molar-refractivity contribution < 1.29 is 36.6 Å². The van der Waals surface area contributed by atoms with Gasteiger partial charge >= 0.3 is 12.1 Å². The van der Waals surface area contributed by atoms with Crippen molar-refractivity contribution in [1.82, 2.24) is 0 Å². The van der Waals surface area contributed by atoms with Crippen molar-refractivity contribution in [3.05, 3.63) is 28.8 Å². The van der Waals surface area contributed by atoms with E-state index in [4.69, 9.17) is 5.11 Å². The van der Waals surface area contributed by atoms with Gasteiger partial charge in [0, 0.05) is 17.9 Å². The van der Waals surface area contributed by atoms with Crippen molar-refractivity contribution in [3.8, 4) is 0 Å². The molecule has 0 amide bonds. The van der Waals surface area contributed by atoms with Crippen LogP contribution < -0.4 is 5.32 Å². The summed E-state index contributed by atoms with van der Waals surface area (Å²) in [6.07, 6.45) is -5.12. The Kier molecular flexibility index (Phi) is 6.94.